The van der Waals surface area contributed by atoms with Crippen LogP contribution in [0.4, 0.5) is 10.1 Å². The fourth-order valence-electron chi connectivity index (χ4n) is 1.22. The minimum absolute atomic E-state index is 0.228. The predicted octanol–water partition coefficient (Wildman–Crippen LogP) is 4.26. The van der Waals surface area contributed by atoms with Gasteiger partial charge >= 0.3 is 0 Å². The maximum atomic E-state index is 13.3. The molecule has 1 heterocycles. The van der Waals surface area contributed by atoms with Gasteiger partial charge in [0.25, 0.3) is 0 Å². The lowest BCUT2D eigenvalue weighted by Gasteiger charge is -2.06. The number of hydrogen-bond acceptors (Lipinski definition) is 2. The molecule has 1 aromatic heterocycles. The van der Waals surface area contributed by atoms with Gasteiger partial charge in [-0.2, -0.15) is 11.3 Å². The molecule has 0 amide bonds. The van der Waals surface area contributed by atoms with E-state index in [2.05, 4.69) is 21.2 Å². The van der Waals surface area contributed by atoms with E-state index >= 15 is 0 Å². The molecule has 0 atom stereocenters. The summed E-state index contributed by atoms with van der Waals surface area (Å²) in [7, 11) is 0. The van der Waals surface area contributed by atoms with E-state index in [0.717, 1.165) is 4.47 Å². The van der Waals surface area contributed by atoms with E-state index in [0.29, 0.717) is 12.2 Å². The Morgan fingerprint density at radius 2 is 2.20 bits per heavy atom. The van der Waals surface area contributed by atoms with Gasteiger partial charge in [-0.25, -0.2) is 4.39 Å². The van der Waals surface area contributed by atoms with E-state index in [1.807, 2.05) is 16.8 Å². The standard InChI is InChI=1S/C11H9BrFNS/c12-9-1-2-10(13)11(5-9)14-6-8-3-4-15-7-8/h1-5,7,14H,6H2. The summed E-state index contributed by atoms with van der Waals surface area (Å²) in [4.78, 5) is 0. The normalized spacial score (nSPS) is 10.3. The fourth-order valence-corrected chi connectivity index (χ4v) is 2.25. The summed E-state index contributed by atoms with van der Waals surface area (Å²) in [6, 6.07) is 6.89. The Morgan fingerprint density at radius 3 is 2.93 bits per heavy atom. The van der Waals surface area contributed by atoms with E-state index in [-0.39, 0.29) is 5.82 Å². The van der Waals surface area contributed by atoms with Crippen molar-refractivity contribution >= 4 is 33.0 Å². The Morgan fingerprint density at radius 1 is 1.33 bits per heavy atom. The molecule has 0 aliphatic heterocycles. The second-order valence-corrected chi connectivity index (χ2v) is 4.81. The Kier molecular flexibility index (Phi) is 3.38. The Hall–Kier alpha value is -0.870. The molecule has 0 saturated carbocycles. The highest BCUT2D eigenvalue weighted by Crippen LogP contribution is 2.20. The number of anilines is 1. The minimum Gasteiger partial charge on any atom is -0.379 e. The number of thiophene rings is 1. The first-order chi connectivity index (χ1) is 7.25. The quantitative estimate of drug-likeness (QED) is 0.888. The van der Waals surface area contributed by atoms with Crippen molar-refractivity contribution in [3.05, 3.63) is 50.9 Å². The lowest BCUT2D eigenvalue weighted by atomic mass is 10.3. The molecule has 1 N–H and O–H groups in total. The number of halogens is 2. The lowest BCUT2D eigenvalue weighted by Crippen LogP contribution is -2.00. The van der Waals surface area contributed by atoms with Gasteiger partial charge in [-0.3, -0.25) is 0 Å². The summed E-state index contributed by atoms with van der Waals surface area (Å²) in [5.41, 5.74) is 1.69. The van der Waals surface area contributed by atoms with Crippen molar-refractivity contribution in [3.8, 4) is 0 Å². The van der Waals surface area contributed by atoms with Crippen molar-refractivity contribution in [2.45, 2.75) is 6.54 Å². The molecule has 0 radical (unpaired) electrons. The van der Waals surface area contributed by atoms with Gasteiger partial charge in [-0.1, -0.05) is 15.9 Å². The first kappa shape index (κ1) is 10.6. The van der Waals surface area contributed by atoms with Crippen LogP contribution in [0.5, 0.6) is 0 Å². The first-order valence-electron chi connectivity index (χ1n) is 4.46. The van der Waals surface area contributed by atoms with Crippen LogP contribution in [-0.4, -0.2) is 0 Å². The molecule has 1 nitrogen and oxygen atoms in total. The van der Waals surface area contributed by atoms with Gasteiger partial charge < -0.3 is 5.32 Å². The third-order valence-electron chi connectivity index (χ3n) is 1.99. The van der Waals surface area contributed by atoms with E-state index in [4.69, 9.17) is 0 Å². The van der Waals surface area contributed by atoms with Gasteiger partial charge in [-0.05, 0) is 40.6 Å². The molecule has 1 aromatic carbocycles. The molecule has 4 heteroatoms. The molecule has 78 valence electrons. The fraction of sp³-hybridized carbons (Fsp3) is 0.0909. The average molecular weight is 286 g/mol. The summed E-state index contributed by atoms with van der Waals surface area (Å²) in [6.07, 6.45) is 0. The molecule has 0 fully saturated rings. The molecule has 15 heavy (non-hydrogen) atoms. The van der Waals surface area contributed by atoms with Gasteiger partial charge in [0.1, 0.15) is 5.82 Å². The SMILES string of the molecule is Fc1ccc(Br)cc1NCc1ccsc1. The van der Waals surface area contributed by atoms with Gasteiger partial charge in [0.2, 0.25) is 0 Å². The summed E-state index contributed by atoms with van der Waals surface area (Å²) in [5.74, 6) is -0.228. The van der Waals surface area contributed by atoms with Crippen molar-refractivity contribution in [1.82, 2.24) is 0 Å². The van der Waals surface area contributed by atoms with E-state index in [1.165, 1.54) is 11.6 Å². The smallest absolute Gasteiger partial charge is 0.146 e. The average Bonchev–Trinajstić information content (AvgIpc) is 2.72. The third kappa shape index (κ3) is 2.79. The van der Waals surface area contributed by atoms with Gasteiger partial charge in [0.05, 0.1) is 5.69 Å². The van der Waals surface area contributed by atoms with Crippen LogP contribution in [0.2, 0.25) is 0 Å². The molecule has 0 aliphatic rings. The van der Waals surface area contributed by atoms with Crippen LogP contribution in [0.25, 0.3) is 0 Å². The Bertz CT molecular complexity index is 442. The summed E-state index contributed by atoms with van der Waals surface area (Å²) in [5, 5.41) is 7.11. The van der Waals surface area contributed by atoms with Crippen LogP contribution < -0.4 is 5.32 Å². The lowest BCUT2D eigenvalue weighted by molar-refractivity contribution is 0.630. The zero-order chi connectivity index (χ0) is 10.7. The van der Waals surface area contributed by atoms with Crippen LogP contribution in [0.3, 0.4) is 0 Å². The first-order valence-corrected chi connectivity index (χ1v) is 6.19. The van der Waals surface area contributed by atoms with E-state index < -0.39 is 0 Å². The topological polar surface area (TPSA) is 12.0 Å². The Labute approximate surface area is 100 Å². The van der Waals surface area contributed by atoms with Crippen molar-refractivity contribution in [1.29, 1.82) is 0 Å². The van der Waals surface area contributed by atoms with Crippen LogP contribution in [0, 0.1) is 5.82 Å². The highest BCUT2D eigenvalue weighted by molar-refractivity contribution is 9.10. The number of nitrogens with one attached hydrogen (secondary N) is 1. The van der Waals surface area contributed by atoms with Crippen LogP contribution in [0.15, 0.2) is 39.5 Å². The molecule has 2 rings (SSSR count). The maximum Gasteiger partial charge on any atom is 0.146 e. The molecule has 0 bridgehead atoms. The number of hydrogen-bond donors (Lipinski definition) is 1. The van der Waals surface area contributed by atoms with Crippen molar-refractivity contribution in [2.75, 3.05) is 5.32 Å². The third-order valence-corrected chi connectivity index (χ3v) is 3.22. The van der Waals surface area contributed by atoms with Crippen LogP contribution in [0.1, 0.15) is 5.56 Å². The second-order valence-electron chi connectivity index (χ2n) is 3.11. The molecule has 2 aromatic rings. The predicted molar refractivity (Wildman–Crippen MR) is 65.7 cm³/mol. The molecule has 0 saturated heterocycles. The highest BCUT2D eigenvalue weighted by atomic mass is 79.9. The van der Waals surface area contributed by atoms with Gasteiger partial charge in [0.15, 0.2) is 0 Å². The van der Waals surface area contributed by atoms with Crippen molar-refractivity contribution < 1.29 is 4.39 Å². The number of benzene rings is 1. The minimum atomic E-state index is -0.228. The Balaban J connectivity index is 2.07. The molecule has 0 spiro atoms. The summed E-state index contributed by atoms with van der Waals surface area (Å²) >= 11 is 4.95. The zero-order valence-corrected chi connectivity index (χ0v) is 10.2. The maximum absolute atomic E-state index is 13.3. The van der Waals surface area contributed by atoms with Gasteiger partial charge in [0, 0.05) is 11.0 Å². The van der Waals surface area contributed by atoms with E-state index in [9.17, 15) is 4.39 Å². The summed E-state index contributed by atoms with van der Waals surface area (Å²) < 4.78 is 14.2. The largest absolute Gasteiger partial charge is 0.379 e. The monoisotopic (exact) mass is 285 g/mol. The molecule has 0 aliphatic carbocycles. The zero-order valence-electron chi connectivity index (χ0n) is 7.84. The van der Waals surface area contributed by atoms with E-state index in [1.54, 1.807) is 23.5 Å². The van der Waals surface area contributed by atoms with Crippen molar-refractivity contribution in [2.24, 2.45) is 0 Å². The molecular weight excluding hydrogens is 277 g/mol. The van der Waals surface area contributed by atoms with Crippen LogP contribution in [-0.2, 0) is 6.54 Å². The highest BCUT2D eigenvalue weighted by Gasteiger charge is 2.02. The number of rotatable bonds is 3. The van der Waals surface area contributed by atoms with Gasteiger partial charge in [-0.15, -0.1) is 0 Å². The molecular formula is C11H9BrFNS. The second kappa shape index (κ2) is 4.77. The van der Waals surface area contributed by atoms with Crippen molar-refractivity contribution in [3.63, 3.8) is 0 Å². The molecule has 0 unspecified atom stereocenters. The summed E-state index contributed by atoms with van der Waals surface area (Å²) in [6.45, 7) is 0.650. The van der Waals surface area contributed by atoms with Crippen LogP contribution >= 0.6 is 27.3 Å².